The van der Waals surface area contributed by atoms with E-state index < -0.39 is 9.84 Å². The van der Waals surface area contributed by atoms with Crippen molar-refractivity contribution in [3.8, 4) is 0 Å². The van der Waals surface area contributed by atoms with Gasteiger partial charge in [-0.2, -0.15) is 0 Å². The second-order valence-corrected chi connectivity index (χ2v) is 7.83. The van der Waals surface area contributed by atoms with Crippen molar-refractivity contribution in [1.29, 1.82) is 0 Å². The molecular weight excluding hydrogens is 266 g/mol. The maximum atomic E-state index is 11.4. The highest BCUT2D eigenvalue weighted by Gasteiger charge is 2.41. The van der Waals surface area contributed by atoms with Gasteiger partial charge in [-0.3, -0.25) is 4.99 Å². The predicted molar refractivity (Wildman–Crippen MR) is 74.9 cm³/mol. The van der Waals surface area contributed by atoms with Crippen LogP contribution in [0.4, 0.5) is 0 Å². The van der Waals surface area contributed by atoms with E-state index in [-0.39, 0.29) is 29.6 Å². The average molecular weight is 289 g/mol. The number of aliphatic hydroxyl groups excluding tert-OH is 1. The van der Waals surface area contributed by atoms with Gasteiger partial charge < -0.3 is 15.7 Å². The van der Waals surface area contributed by atoms with Gasteiger partial charge in [-0.25, -0.2) is 8.42 Å². The lowest BCUT2D eigenvalue weighted by atomic mass is 10.1. The van der Waals surface area contributed by atoms with E-state index >= 15 is 0 Å². The van der Waals surface area contributed by atoms with Crippen LogP contribution in [-0.4, -0.2) is 56.7 Å². The van der Waals surface area contributed by atoms with Crippen LogP contribution in [0.5, 0.6) is 0 Å². The molecule has 0 radical (unpaired) electrons. The van der Waals surface area contributed by atoms with Crippen LogP contribution in [0.3, 0.4) is 0 Å². The highest BCUT2D eigenvalue weighted by molar-refractivity contribution is 7.91. The van der Waals surface area contributed by atoms with Crippen molar-refractivity contribution < 1.29 is 13.5 Å². The summed E-state index contributed by atoms with van der Waals surface area (Å²) < 4.78 is 22.8. The first kappa shape index (κ1) is 14.6. The van der Waals surface area contributed by atoms with Crippen LogP contribution < -0.4 is 10.6 Å². The summed E-state index contributed by atoms with van der Waals surface area (Å²) in [5.74, 6) is 1.09. The molecule has 2 fully saturated rings. The molecule has 6 nitrogen and oxygen atoms in total. The predicted octanol–water partition coefficient (Wildman–Crippen LogP) is -0.499. The van der Waals surface area contributed by atoms with E-state index in [2.05, 4.69) is 15.6 Å². The summed E-state index contributed by atoms with van der Waals surface area (Å²) >= 11 is 0. The fourth-order valence-corrected chi connectivity index (χ4v) is 3.89. The third-order valence-corrected chi connectivity index (χ3v) is 5.55. The minimum absolute atomic E-state index is 0.0237. The molecule has 0 aromatic carbocycles. The molecule has 1 atom stereocenters. The van der Waals surface area contributed by atoms with E-state index in [0.29, 0.717) is 18.9 Å². The van der Waals surface area contributed by atoms with Crippen molar-refractivity contribution >= 4 is 15.8 Å². The number of hydrogen-bond donors (Lipinski definition) is 3. The van der Waals surface area contributed by atoms with Gasteiger partial charge in [0.1, 0.15) is 0 Å². The lowest BCUT2D eigenvalue weighted by molar-refractivity contribution is 0.217. The van der Waals surface area contributed by atoms with E-state index in [0.717, 1.165) is 19.4 Å². The van der Waals surface area contributed by atoms with Crippen molar-refractivity contribution in [3.63, 3.8) is 0 Å². The summed E-state index contributed by atoms with van der Waals surface area (Å²) in [6.45, 7) is 3.48. The Hall–Kier alpha value is -0.820. The van der Waals surface area contributed by atoms with Gasteiger partial charge in [-0.1, -0.05) is 0 Å². The summed E-state index contributed by atoms with van der Waals surface area (Å²) in [4.78, 5) is 4.47. The summed E-state index contributed by atoms with van der Waals surface area (Å²) in [7, 11) is -2.88. The summed E-state index contributed by atoms with van der Waals surface area (Å²) in [5, 5.41) is 15.6. The standard InChI is InChI=1S/C12H23N3O3S/c1-2-13-11(14-8-12(9-16)4-5-12)15-10-3-6-19(17,18)7-10/h10,16H,2-9H2,1H3,(H2,13,14,15). The molecule has 0 spiro atoms. The van der Waals surface area contributed by atoms with E-state index in [1.165, 1.54) is 0 Å². The fraction of sp³-hybridized carbons (Fsp3) is 0.917. The zero-order valence-electron chi connectivity index (χ0n) is 11.4. The number of rotatable bonds is 5. The molecule has 1 saturated carbocycles. The van der Waals surface area contributed by atoms with E-state index in [9.17, 15) is 13.5 Å². The van der Waals surface area contributed by atoms with Gasteiger partial charge in [-0.15, -0.1) is 0 Å². The molecule has 0 amide bonds. The van der Waals surface area contributed by atoms with Gasteiger partial charge in [0.15, 0.2) is 15.8 Å². The Morgan fingerprint density at radius 2 is 2.21 bits per heavy atom. The fourth-order valence-electron chi connectivity index (χ4n) is 2.21. The van der Waals surface area contributed by atoms with Crippen molar-refractivity contribution in [2.75, 3.05) is 31.2 Å². The Morgan fingerprint density at radius 1 is 1.47 bits per heavy atom. The second-order valence-electron chi connectivity index (χ2n) is 5.60. The molecule has 1 unspecified atom stereocenters. The van der Waals surface area contributed by atoms with Crippen LogP contribution in [0.2, 0.25) is 0 Å². The number of guanidine groups is 1. The molecule has 0 aromatic rings. The largest absolute Gasteiger partial charge is 0.396 e. The third-order valence-electron chi connectivity index (χ3n) is 3.78. The van der Waals surface area contributed by atoms with Crippen molar-refractivity contribution in [2.45, 2.75) is 32.2 Å². The van der Waals surface area contributed by atoms with Crippen molar-refractivity contribution in [3.05, 3.63) is 0 Å². The van der Waals surface area contributed by atoms with Gasteiger partial charge >= 0.3 is 0 Å². The van der Waals surface area contributed by atoms with E-state index in [1.54, 1.807) is 0 Å². The minimum Gasteiger partial charge on any atom is -0.396 e. The Morgan fingerprint density at radius 3 is 2.68 bits per heavy atom. The second kappa shape index (κ2) is 5.66. The molecule has 0 aromatic heterocycles. The van der Waals surface area contributed by atoms with Gasteiger partial charge in [0, 0.05) is 18.0 Å². The average Bonchev–Trinajstić information content (AvgIpc) is 3.06. The van der Waals surface area contributed by atoms with Crippen molar-refractivity contribution in [2.24, 2.45) is 10.4 Å². The lowest BCUT2D eigenvalue weighted by Gasteiger charge is -2.17. The third kappa shape index (κ3) is 4.07. The normalized spacial score (nSPS) is 28.1. The summed E-state index contributed by atoms with van der Waals surface area (Å²) in [6, 6.07) is -0.0490. The Bertz CT molecular complexity index is 443. The Kier molecular flexibility index (Phi) is 4.35. The molecular formula is C12H23N3O3S. The van der Waals surface area contributed by atoms with E-state index in [1.807, 2.05) is 6.92 Å². The molecule has 7 heteroatoms. The summed E-state index contributed by atoms with van der Waals surface area (Å²) in [5.41, 5.74) is -0.0237. The molecule has 110 valence electrons. The zero-order chi connectivity index (χ0) is 13.9. The van der Waals surface area contributed by atoms with Gasteiger partial charge in [0.25, 0.3) is 0 Å². The highest BCUT2D eigenvalue weighted by Crippen LogP contribution is 2.45. The van der Waals surface area contributed by atoms with Gasteiger partial charge in [-0.05, 0) is 26.2 Å². The molecule has 1 saturated heterocycles. The Balaban J connectivity index is 1.90. The maximum Gasteiger partial charge on any atom is 0.191 e. The molecule has 1 heterocycles. The first-order valence-electron chi connectivity index (χ1n) is 6.85. The molecule has 2 rings (SSSR count). The summed E-state index contributed by atoms with van der Waals surface area (Å²) in [6.07, 6.45) is 2.67. The quantitative estimate of drug-likeness (QED) is 0.469. The number of nitrogens with one attached hydrogen (secondary N) is 2. The molecule has 19 heavy (non-hydrogen) atoms. The Labute approximate surface area is 114 Å². The van der Waals surface area contributed by atoms with Crippen LogP contribution in [0.25, 0.3) is 0 Å². The number of sulfone groups is 1. The molecule has 1 aliphatic heterocycles. The monoisotopic (exact) mass is 289 g/mol. The SMILES string of the molecule is CCNC(=NCC1(CO)CC1)NC1CCS(=O)(=O)C1. The van der Waals surface area contributed by atoms with Gasteiger partial charge in [0.05, 0.1) is 24.7 Å². The smallest absolute Gasteiger partial charge is 0.191 e. The topological polar surface area (TPSA) is 90.8 Å². The first-order chi connectivity index (χ1) is 8.99. The maximum absolute atomic E-state index is 11.4. The van der Waals surface area contributed by atoms with Crippen LogP contribution in [0.15, 0.2) is 4.99 Å². The number of hydrogen-bond acceptors (Lipinski definition) is 4. The van der Waals surface area contributed by atoms with Crippen LogP contribution in [-0.2, 0) is 9.84 Å². The zero-order valence-corrected chi connectivity index (χ0v) is 12.2. The van der Waals surface area contributed by atoms with Crippen LogP contribution in [0.1, 0.15) is 26.2 Å². The number of nitrogens with zero attached hydrogens (tertiary/aromatic N) is 1. The number of aliphatic imine (C=N–C) groups is 1. The number of aliphatic hydroxyl groups is 1. The van der Waals surface area contributed by atoms with Crippen LogP contribution in [0, 0.1) is 5.41 Å². The molecule has 2 aliphatic rings. The van der Waals surface area contributed by atoms with Gasteiger partial charge in [0.2, 0.25) is 0 Å². The van der Waals surface area contributed by atoms with Crippen LogP contribution >= 0.6 is 0 Å². The molecule has 0 bridgehead atoms. The lowest BCUT2D eigenvalue weighted by Crippen LogP contribution is -2.44. The minimum atomic E-state index is -2.88. The first-order valence-corrected chi connectivity index (χ1v) is 8.67. The highest BCUT2D eigenvalue weighted by atomic mass is 32.2. The van der Waals surface area contributed by atoms with E-state index in [4.69, 9.17) is 0 Å². The molecule has 3 N–H and O–H groups in total. The van der Waals surface area contributed by atoms with Crippen molar-refractivity contribution in [1.82, 2.24) is 10.6 Å². The molecule has 1 aliphatic carbocycles.